The Morgan fingerprint density at radius 2 is 1.77 bits per heavy atom. The normalized spacial score (nSPS) is 18.1. The van der Waals surface area contributed by atoms with Crippen LogP contribution in [-0.2, 0) is 11.3 Å². The van der Waals surface area contributed by atoms with Crippen molar-refractivity contribution in [1.82, 2.24) is 4.90 Å². The molecule has 2 aromatic carbocycles. The summed E-state index contributed by atoms with van der Waals surface area (Å²) in [4.78, 5) is 28.5. The maximum absolute atomic E-state index is 13.0. The number of carbonyl (C=O) groups is 2. The monoisotopic (exact) mass is 419 g/mol. The first-order valence-corrected chi connectivity index (χ1v) is 10.9. The fourth-order valence-corrected chi connectivity index (χ4v) is 4.42. The van der Waals surface area contributed by atoms with Crippen LogP contribution in [-0.4, -0.2) is 42.0 Å². The van der Waals surface area contributed by atoms with Gasteiger partial charge in [0.05, 0.1) is 16.8 Å². The maximum Gasteiger partial charge on any atom is 0.335 e. The fourth-order valence-electron chi connectivity index (χ4n) is 4.42. The molecular formula is C25H29N3O3. The number of likely N-dealkylation sites (N-methyl/N-ethyl adjacent to an activating group) is 1. The van der Waals surface area contributed by atoms with Gasteiger partial charge in [-0.25, -0.2) is 4.79 Å². The fraction of sp³-hybridized carbons (Fsp3) is 0.360. The van der Waals surface area contributed by atoms with E-state index >= 15 is 0 Å². The van der Waals surface area contributed by atoms with E-state index in [1.807, 2.05) is 19.1 Å². The van der Waals surface area contributed by atoms with Crippen molar-refractivity contribution in [3.05, 3.63) is 64.9 Å². The van der Waals surface area contributed by atoms with Crippen molar-refractivity contribution in [3.63, 3.8) is 0 Å². The number of rotatable bonds is 6. The van der Waals surface area contributed by atoms with Crippen molar-refractivity contribution in [1.29, 1.82) is 0 Å². The molecule has 0 aromatic heterocycles. The van der Waals surface area contributed by atoms with E-state index in [1.54, 1.807) is 24.1 Å². The molecule has 0 atom stereocenters. The molecule has 0 unspecified atom stereocenters. The highest BCUT2D eigenvalue weighted by Gasteiger charge is 2.32. The molecule has 162 valence electrons. The van der Waals surface area contributed by atoms with Gasteiger partial charge in [-0.05, 0) is 68.2 Å². The second-order valence-electron chi connectivity index (χ2n) is 8.27. The summed E-state index contributed by atoms with van der Waals surface area (Å²) in [5, 5.41) is 12.8. The largest absolute Gasteiger partial charge is 0.478 e. The van der Waals surface area contributed by atoms with Crippen LogP contribution in [0.15, 0.2) is 48.2 Å². The van der Waals surface area contributed by atoms with Gasteiger partial charge >= 0.3 is 5.97 Å². The van der Waals surface area contributed by atoms with Crippen LogP contribution in [0.25, 0.3) is 5.57 Å². The summed E-state index contributed by atoms with van der Waals surface area (Å²) in [7, 11) is 1.72. The maximum atomic E-state index is 13.0. The van der Waals surface area contributed by atoms with Gasteiger partial charge in [0, 0.05) is 30.5 Å². The molecule has 0 saturated carbocycles. The van der Waals surface area contributed by atoms with Crippen LogP contribution in [0, 0.1) is 0 Å². The molecule has 1 amide bonds. The van der Waals surface area contributed by atoms with Gasteiger partial charge in [0.25, 0.3) is 5.91 Å². The van der Waals surface area contributed by atoms with Gasteiger partial charge in [-0.15, -0.1) is 0 Å². The molecule has 0 bridgehead atoms. The van der Waals surface area contributed by atoms with Gasteiger partial charge in [0.2, 0.25) is 0 Å². The first-order valence-electron chi connectivity index (χ1n) is 10.9. The van der Waals surface area contributed by atoms with Crippen molar-refractivity contribution >= 4 is 28.8 Å². The van der Waals surface area contributed by atoms with E-state index in [0.29, 0.717) is 17.6 Å². The highest BCUT2D eigenvalue weighted by molar-refractivity contribution is 6.33. The number of likely N-dealkylation sites (tertiary alicyclic amines) is 1. The summed E-state index contributed by atoms with van der Waals surface area (Å²) in [5.41, 5.74) is 5.11. The Labute approximate surface area is 183 Å². The summed E-state index contributed by atoms with van der Waals surface area (Å²) in [6.07, 6.45) is 4.52. The van der Waals surface area contributed by atoms with Gasteiger partial charge in [0.15, 0.2) is 0 Å². The van der Waals surface area contributed by atoms with Crippen LogP contribution >= 0.6 is 0 Å². The first kappa shape index (κ1) is 21.1. The summed E-state index contributed by atoms with van der Waals surface area (Å²) < 4.78 is 0. The van der Waals surface area contributed by atoms with Crippen LogP contribution < -0.4 is 10.2 Å². The van der Waals surface area contributed by atoms with Crippen molar-refractivity contribution in [3.8, 4) is 0 Å². The van der Waals surface area contributed by atoms with E-state index in [4.69, 9.17) is 0 Å². The van der Waals surface area contributed by atoms with Crippen molar-refractivity contribution in [2.45, 2.75) is 39.2 Å². The number of aromatic carboxylic acids is 1. The van der Waals surface area contributed by atoms with Crippen LogP contribution in [0.5, 0.6) is 0 Å². The average molecular weight is 420 g/mol. The predicted molar refractivity (Wildman–Crippen MR) is 123 cm³/mol. The summed E-state index contributed by atoms with van der Waals surface area (Å²) in [5.74, 6) is -1.12. The smallest absolute Gasteiger partial charge is 0.335 e. The zero-order chi connectivity index (χ0) is 22.0. The zero-order valence-electron chi connectivity index (χ0n) is 18.1. The van der Waals surface area contributed by atoms with E-state index in [1.165, 1.54) is 44.0 Å². The van der Waals surface area contributed by atoms with Gasteiger partial charge in [-0.2, -0.15) is 0 Å². The third kappa shape index (κ3) is 4.35. The molecule has 1 fully saturated rings. The van der Waals surface area contributed by atoms with Gasteiger partial charge in [0.1, 0.15) is 0 Å². The number of anilines is 2. The highest BCUT2D eigenvalue weighted by atomic mass is 16.4. The van der Waals surface area contributed by atoms with E-state index in [2.05, 4.69) is 22.3 Å². The van der Waals surface area contributed by atoms with E-state index in [0.717, 1.165) is 23.6 Å². The lowest BCUT2D eigenvalue weighted by Gasteiger charge is -2.26. The molecule has 2 aromatic rings. The van der Waals surface area contributed by atoms with E-state index in [9.17, 15) is 14.7 Å². The lowest BCUT2D eigenvalue weighted by atomic mass is 10.0. The van der Waals surface area contributed by atoms with Crippen LogP contribution in [0.3, 0.4) is 0 Å². The molecule has 6 heteroatoms. The number of hydrogen-bond donors (Lipinski definition) is 2. The van der Waals surface area contributed by atoms with Gasteiger partial charge in [-0.3, -0.25) is 9.69 Å². The van der Waals surface area contributed by atoms with Crippen molar-refractivity contribution in [2.24, 2.45) is 0 Å². The molecule has 2 aliphatic heterocycles. The number of nitrogens with zero attached hydrogens (tertiary/aromatic N) is 2. The number of allylic oxidation sites excluding steroid dienone is 1. The van der Waals surface area contributed by atoms with Crippen LogP contribution in [0.2, 0.25) is 0 Å². The quantitative estimate of drug-likeness (QED) is 0.671. The second kappa shape index (κ2) is 8.94. The topological polar surface area (TPSA) is 72.9 Å². The minimum atomic E-state index is -1.00. The molecule has 4 rings (SSSR count). The standard InChI is InChI=1S/C25H29N3O3/c1-3-21(23-20-15-18(25(30)31)9-12-22(20)27(2)24(23)29)26-19-10-7-17(8-11-19)16-28-13-5-4-6-14-28/h7-12,15,26H,3-6,13-14,16H2,1-2H3,(H,30,31). The average Bonchev–Trinajstić information content (AvgIpc) is 3.03. The van der Waals surface area contributed by atoms with Crippen LogP contribution in [0.1, 0.15) is 54.1 Å². The molecule has 0 radical (unpaired) electrons. The number of hydrogen-bond acceptors (Lipinski definition) is 4. The Morgan fingerprint density at radius 3 is 2.42 bits per heavy atom. The Bertz CT molecular complexity index is 1020. The molecule has 6 nitrogen and oxygen atoms in total. The number of carbonyl (C=O) groups excluding carboxylic acids is 1. The molecule has 2 N–H and O–H groups in total. The predicted octanol–water partition coefficient (Wildman–Crippen LogP) is 4.58. The lowest BCUT2D eigenvalue weighted by molar-refractivity contribution is -0.112. The number of carboxylic acid groups (broad SMARTS) is 1. The Kier molecular flexibility index (Phi) is 6.09. The molecule has 2 aliphatic rings. The summed E-state index contributed by atoms with van der Waals surface area (Å²) in [6.45, 7) is 5.29. The zero-order valence-corrected chi connectivity index (χ0v) is 18.1. The third-order valence-corrected chi connectivity index (χ3v) is 6.15. The molecular weight excluding hydrogens is 390 g/mol. The summed E-state index contributed by atoms with van der Waals surface area (Å²) in [6, 6.07) is 13.2. The molecule has 2 heterocycles. The number of benzene rings is 2. The lowest BCUT2D eigenvalue weighted by Crippen LogP contribution is -2.29. The third-order valence-electron chi connectivity index (χ3n) is 6.15. The number of fused-ring (bicyclic) bond motifs is 1. The molecule has 0 spiro atoms. The van der Waals surface area contributed by atoms with E-state index in [-0.39, 0.29) is 11.5 Å². The Hall–Kier alpha value is -3.12. The summed E-state index contributed by atoms with van der Waals surface area (Å²) >= 11 is 0. The second-order valence-corrected chi connectivity index (χ2v) is 8.27. The van der Waals surface area contributed by atoms with Crippen molar-refractivity contribution < 1.29 is 14.7 Å². The number of amides is 1. The van der Waals surface area contributed by atoms with Crippen LogP contribution in [0.4, 0.5) is 11.4 Å². The number of carboxylic acids is 1. The molecule has 1 saturated heterocycles. The number of piperidine rings is 1. The van der Waals surface area contributed by atoms with E-state index < -0.39 is 5.97 Å². The minimum Gasteiger partial charge on any atom is -0.478 e. The van der Waals surface area contributed by atoms with Gasteiger partial charge < -0.3 is 15.3 Å². The number of nitrogens with one attached hydrogen (secondary N) is 1. The molecule has 0 aliphatic carbocycles. The minimum absolute atomic E-state index is 0.122. The SMILES string of the molecule is CCC(Nc1ccc(CN2CCCCC2)cc1)=C1C(=O)N(C)c2ccc(C(=O)O)cc21. The molecule has 31 heavy (non-hydrogen) atoms. The Morgan fingerprint density at radius 1 is 1.06 bits per heavy atom. The van der Waals surface area contributed by atoms with Crippen molar-refractivity contribution in [2.75, 3.05) is 30.4 Å². The highest BCUT2D eigenvalue weighted by Crippen LogP contribution is 2.39. The Balaban J connectivity index is 1.59. The first-order chi connectivity index (χ1) is 15.0. The van der Waals surface area contributed by atoms with Gasteiger partial charge in [-0.1, -0.05) is 25.5 Å².